The molecular weight excluding hydrogens is 202 g/mol. The largest absolute Gasteiger partial charge is 0.389 e. The van der Waals surface area contributed by atoms with Gasteiger partial charge in [-0.25, -0.2) is 0 Å². The summed E-state index contributed by atoms with van der Waals surface area (Å²) in [5.41, 5.74) is -0.656. The Bertz CT molecular complexity index is 169. The maximum absolute atomic E-state index is 9.93. The smallest absolute Gasteiger partial charge is 0.0765 e. The van der Waals surface area contributed by atoms with Gasteiger partial charge < -0.3 is 15.2 Å². The van der Waals surface area contributed by atoms with E-state index in [4.69, 9.17) is 4.74 Å². The molecule has 1 atom stereocenters. The van der Waals surface area contributed by atoms with E-state index < -0.39 is 5.60 Å². The molecule has 0 rings (SSSR count). The Morgan fingerprint density at radius 1 is 1.38 bits per heavy atom. The molecule has 0 heterocycles. The lowest BCUT2D eigenvalue weighted by molar-refractivity contribution is 0.0251. The highest BCUT2D eigenvalue weighted by Crippen LogP contribution is 2.07. The van der Waals surface area contributed by atoms with Crippen molar-refractivity contribution in [3.8, 4) is 0 Å². The van der Waals surface area contributed by atoms with Crippen molar-refractivity contribution in [2.75, 3.05) is 26.8 Å². The molecular formula is C13H27NO2. The zero-order valence-corrected chi connectivity index (χ0v) is 10.8. The summed E-state index contributed by atoms with van der Waals surface area (Å²) in [7, 11) is 1.66. The summed E-state index contributed by atoms with van der Waals surface area (Å²) in [5, 5.41) is 13.2. The summed E-state index contributed by atoms with van der Waals surface area (Å²) >= 11 is 0. The Morgan fingerprint density at radius 3 is 2.75 bits per heavy atom. The fraction of sp³-hybridized carbons (Fsp3) is 0.846. The Balaban J connectivity index is 3.32. The lowest BCUT2D eigenvalue weighted by Gasteiger charge is -2.23. The van der Waals surface area contributed by atoms with Crippen molar-refractivity contribution < 1.29 is 9.84 Å². The highest BCUT2D eigenvalue weighted by molar-refractivity contribution is 4.75. The molecule has 3 heteroatoms. The molecule has 2 N–H and O–H groups in total. The van der Waals surface area contributed by atoms with Crippen molar-refractivity contribution in [2.24, 2.45) is 0 Å². The van der Waals surface area contributed by atoms with Crippen LogP contribution in [0.15, 0.2) is 12.7 Å². The van der Waals surface area contributed by atoms with Crippen LogP contribution in [0.3, 0.4) is 0 Å². The SMILES string of the molecule is C=CCCCCCNCC(C)(O)CCOC. The summed E-state index contributed by atoms with van der Waals surface area (Å²) in [6.07, 6.45) is 7.33. The molecule has 0 fully saturated rings. The van der Waals surface area contributed by atoms with E-state index in [2.05, 4.69) is 11.9 Å². The molecule has 0 aromatic carbocycles. The highest BCUT2D eigenvalue weighted by Gasteiger charge is 2.18. The van der Waals surface area contributed by atoms with Crippen molar-refractivity contribution in [2.45, 2.75) is 44.6 Å². The van der Waals surface area contributed by atoms with Crippen LogP contribution < -0.4 is 5.32 Å². The van der Waals surface area contributed by atoms with Gasteiger partial charge in [0.1, 0.15) is 0 Å². The first kappa shape index (κ1) is 15.6. The zero-order valence-electron chi connectivity index (χ0n) is 10.8. The zero-order chi connectivity index (χ0) is 12.3. The van der Waals surface area contributed by atoms with Crippen LogP contribution in [-0.4, -0.2) is 37.5 Å². The molecule has 3 nitrogen and oxygen atoms in total. The summed E-state index contributed by atoms with van der Waals surface area (Å²) in [4.78, 5) is 0. The molecule has 0 saturated heterocycles. The molecule has 0 saturated carbocycles. The average Bonchev–Trinajstić information content (AvgIpc) is 2.25. The van der Waals surface area contributed by atoms with Gasteiger partial charge in [0.15, 0.2) is 0 Å². The fourth-order valence-electron chi connectivity index (χ4n) is 1.48. The van der Waals surface area contributed by atoms with E-state index in [1.54, 1.807) is 7.11 Å². The van der Waals surface area contributed by atoms with Crippen molar-refractivity contribution in [1.29, 1.82) is 0 Å². The van der Waals surface area contributed by atoms with Gasteiger partial charge in [0.05, 0.1) is 5.60 Å². The van der Waals surface area contributed by atoms with E-state index in [0.717, 1.165) is 19.4 Å². The number of ether oxygens (including phenoxy) is 1. The molecule has 0 bridgehead atoms. The van der Waals surface area contributed by atoms with Gasteiger partial charge >= 0.3 is 0 Å². The van der Waals surface area contributed by atoms with Crippen molar-refractivity contribution in [3.05, 3.63) is 12.7 Å². The first-order valence-electron chi connectivity index (χ1n) is 6.15. The van der Waals surface area contributed by atoms with Crippen LogP contribution >= 0.6 is 0 Å². The van der Waals surface area contributed by atoms with E-state index in [9.17, 15) is 5.11 Å². The van der Waals surface area contributed by atoms with E-state index in [1.807, 2.05) is 13.0 Å². The van der Waals surface area contributed by atoms with Crippen LogP contribution in [0.5, 0.6) is 0 Å². The molecule has 0 amide bonds. The number of rotatable bonds is 11. The second kappa shape index (κ2) is 9.82. The monoisotopic (exact) mass is 229 g/mol. The maximum Gasteiger partial charge on any atom is 0.0765 e. The molecule has 0 spiro atoms. The van der Waals surface area contributed by atoms with Crippen LogP contribution in [-0.2, 0) is 4.74 Å². The van der Waals surface area contributed by atoms with Crippen LogP contribution in [0.2, 0.25) is 0 Å². The van der Waals surface area contributed by atoms with Crippen LogP contribution in [0.1, 0.15) is 39.0 Å². The third-order valence-corrected chi connectivity index (χ3v) is 2.61. The maximum atomic E-state index is 9.93. The number of unbranched alkanes of at least 4 members (excludes halogenated alkanes) is 3. The molecule has 0 radical (unpaired) electrons. The van der Waals surface area contributed by atoms with Crippen LogP contribution in [0.4, 0.5) is 0 Å². The van der Waals surface area contributed by atoms with E-state index in [-0.39, 0.29) is 0 Å². The van der Waals surface area contributed by atoms with Gasteiger partial charge in [-0.05, 0) is 32.7 Å². The van der Waals surface area contributed by atoms with Crippen molar-refractivity contribution in [1.82, 2.24) is 5.32 Å². The molecule has 96 valence electrons. The van der Waals surface area contributed by atoms with Gasteiger partial charge in [-0.2, -0.15) is 0 Å². The topological polar surface area (TPSA) is 41.5 Å². The second-order valence-electron chi connectivity index (χ2n) is 4.55. The molecule has 0 aliphatic rings. The number of aliphatic hydroxyl groups is 1. The Morgan fingerprint density at radius 2 is 2.12 bits per heavy atom. The van der Waals surface area contributed by atoms with Gasteiger partial charge in [0.2, 0.25) is 0 Å². The Hall–Kier alpha value is -0.380. The quantitative estimate of drug-likeness (QED) is 0.421. The highest BCUT2D eigenvalue weighted by atomic mass is 16.5. The van der Waals surface area contributed by atoms with Crippen molar-refractivity contribution >= 4 is 0 Å². The van der Waals surface area contributed by atoms with Crippen LogP contribution in [0.25, 0.3) is 0 Å². The average molecular weight is 229 g/mol. The number of methoxy groups -OCH3 is 1. The van der Waals surface area contributed by atoms with Gasteiger partial charge in [-0.1, -0.05) is 12.5 Å². The van der Waals surface area contributed by atoms with Gasteiger partial charge in [0.25, 0.3) is 0 Å². The lowest BCUT2D eigenvalue weighted by atomic mass is 10.0. The van der Waals surface area contributed by atoms with Gasteiger partial charge in [-0.15, -0.1) is 6.58 Å². The summed E-state index contributed by atoms with van der Waals surface area (Å²) in [6.45, 7) is 7.75. The van der Waals surface area contributed by atoms with Crippen molar-refractivity contribution in [3.63, 3.8) is 0 Å². The Labute approximate surface area is 99.9 Å². The minimum Gasteiger partial charge on any atom is -0.389 e. The number of nitrogens with one attached hydrogen (secondary N) is 1. The number of hydrogen-bond donors (Lipinski definition) is 2. The summed E-state index contributed by atoms with van der Waals surface area (Å²) in [6, 6.07) is 0. The normalized spacial score (nSPS) is 14.7. The van der Waals surface area contributed by atoms with E-state index in [0.29, 0.717) is 19.6 Å². The fourth-order valence-corrected chi connectivity index (χ4v) is 1.48. The molecule has 0 aliphatic carbocycles. The first-order chi connectivity index (χ1) is 7.62. The third kappa shape index (κ3) is 10.1. The summed E-state index contributed by atoms with van der Waals surface area (Å²) < 4.78 is 4.95. The lowest BCUT2D eigenvalue weighted by Crippen LogP contribution is -2.39. The van der Waals surface area contributed by atoms with E-state index >= 15 is 0 Å². The molecule has 0 aliphatic heterocycles. The predicted molar refractivity (Wildman–Crippen MR) is 68.7 cm³/mol. The first-order valence-corrected chi connectivity index (χ1v) is 6.15. The van der Waals surface area contributed by atoms with E-state index in [1.165, 1.54) is 12.8 Å². The second-order valence-corrected chi connectivity index (χ2v) is 4.55. The molecule has 16 heavy (non-hydrogen) atoms. The minimum atomic E-state index is -0.656. The predicted octanol–water partition coefficient (Wildman–Crippen LogP) is 2.11. The Kier molecular flexibility index (Phi) is 9.59. The number of allylic oxidation sites excluding steroid dienone is 1. The molecule has 0 aromatic heterocycles. The van der Waals surface area contributed by atoms with Gasteiger partial charge in [0, 0.05) is 26.7 Å². The minimum absolute atomic E-state index is 0.605. The molecule has 0 aromatic rings. The molecule has 1 unspecified atom stereocenters. The summed E-state index contributed by atoms with van der Waals surface area (Å²) in [5.74, 6) is 0. The third-order valence-electron chi connectivity index (χ3n) is 2.61. The van der Waals surface area contributed by atoms with Gasteiger partial charge in [-0.3, -0.25) is 0 Å². The standard InChI is InChI=1S/C13H27NO2/c1-4-5-6-7-8-10-14-12-13(2,15)9-11-16-3/h4,14-15H,1,5-12H2,2-3H3. The van der Waals surface area contributed by atoms with Crippen LogP contribution in [0, 0.1) is 0 Å². The number of hydrogen-bond acceptors (Lipinski definition) is 3.